The van der Waals surface area contributed by atoms with Gasteiger partial charge in [-0.25, -0.2) is 8.42 Å². The Kier molecular flexibility index (Phi) is 5.61. The van der Waals surface area contributed by atoms with Crippen LogP contribution in [0.25, 0.3) is 6.08 Å². The van der Waals surface area contributed by atoms with Gasteiger partial charge in [0, 0.05) is 34.9 Å². The third kappa shape index (κ3) is 4.80. The molecule has 0 aromatic heterocycles. The van der Waals surface area contributed by atoms with Crippen molar-refractivity contribution in [2.75, 3.05) is 10.7 Å². The van der Waals surface area contributed by atoms with Crippen LogP contribution >= 0.6 is 15.9 Å². The van der Waals surface area contributed by atoms with Crippen molar-refractivity contribution in [2.45, 2.75) is 25.7 Å². The number of amides is 1. The first-order valence-electron chi connectivity index (χ1n) is 9.81. The number of hydrogen-bond acceptors (Lipinski definition) is 5. The van der Waals surface area contributed by atoms with E-state index in [1.807, 2.05) is 83.6 Å². The molecular weight excluding hydrogens is 478 g/mol. The molecule has 2 aliphatic rings. The first kappa shape index (κ1) is 21.5. The number of halogens is 1. The summed E-state index contributed by atoms with van der Waals surface area (Å²) in [6.07, 6.45) is 8.22. The van der Waals surface area contributed by atoms with Crippen LogP contribution in [0.2, 0.25) is 0 Å². The summed E-state index contributed by atoms with van der Waals surface area (Å²) in [5.74, 6) is -0.769. The molecule has 2 aromatic carbocycles. The first-order chi connectivity index (χ1) is 14.7. The number of benzene rings is 2. The number of nitrogens with one attached hydrogen (secondary N) is 1. The molecule has 0 aliphatic carbocycles. The Morgan fingerprint density at radius 3 is 2.52 bits per heavy atom. The third-order valence-corrected chi connectivity index (χ3v) is 7.29. The molecule has 1 unspecified atom stereocenters. The Labute approximate surface area is 190 Å². The highest BCUT2D eigenvalue weighted by atomic mass is 79.9. The van der Waals surface area contributed by atoms with Gasteiger partial charge in [0.05, 0.1) is 17.2 Å². The predicted molar refractivity (Wildman–Crippen MR) is 128 cm³/mol. The highest BCUT2D eigenvalue weighted by molar-refractivity contribution is 9.10. The quantitative estimate of drug-likeness (QED) is 0.600. The van der Waals surface area contributed by atoms with E-state index in [1.165, 1.54) is 6.92 Å². The van der Waals surface area contributed by atoms with Crippen molar-refractivity contribution in [1.29, 1.82) is 0 Å². The van der Waals surface area contributed by atoms with Crippen LogP contribution in [0.15, 0.2) is 70.4 Å². The summed E-state index contributed by atoms with van der Waals surface area (Å²) in [6, 6.07) is 14.0. The number of hydrogen-bond donors (Lipinski definition) is 1. The number of allylic oxidation sites excluding steroid dienone is 1. The Bertz CT molecular complexity index is 1230. The van der Waals surface area contributed by atoms with Gasteiger partial charge in [0.25, 0.3) is 0 Å². The minimum absolute atomic E-state index is 0.181. The van der Waals surface area contributed by atoms with Crippen LogP contribution in [0.3, 0.4) is 0 Å². The number of sulfonamides is 1. The van der Waals surface area contributed by atoms with E-state index in [2.05, 4.69) is 15.9 Å². The zero-order valence-corrected chi connectivity index (χ0v) is 19.6. The molecule has 2 aliphatic heterocycles. The standard InChI is InChI=1S/C23H22BrN3O3S/c1-16(28)26-31(29,30)14-11-23(2)20-15-18(24)6-9-21(20)25-22(23)10-5-17-3-7-19(8-4-17)27-12-13-27/h3-10,12-13,15H,11,14H2,1-2H3,(H,26,28)/b10-5+. The van der Waals surface area contributed by atoms with Crippen molar-refractivity contribution in [1.82, 2.24) is 4.72 Å². The molecule has 0 radical (unpaired) electrons. The van der Waals surface area contributed by atoms with Crippen LogP contribution in [0, 0.1) is 0 Å². The van der Waals surface area contributed by atoms with Crippen LogP contribution in [0.1, 0.15) is 31.4 Å². The second kappa shape index (κ2) is 8.09. The molecule has 0 fully saturated rings. The van der Waals surface area contributed by atoms with Gasteiger partial charge in [-0.1, -0.05) is 34.1 Å². The molecule has 160 valence electrons. The first-order valence-corrected chi connectivity index (χ1v) is 12.3. The minimum Gasteiger partial charge on any atom is -0.321 e. The normalized spacial score (nSPS) is 19.5. The summed E-state index contributed by atoms with van der Waals surface area (Å²) in [5, 5.41) is 0. The molecule has 8 heteroatoms. The lowest BCUT2D eigenvalue weighted by molar-refractivity contribution is -0.117. The SMILES string of the molecule is CC(=O)NS(=O)(=O)CCC1(C)C(/C=C/c2ccc(N3C=C3)cc2)=Nc2ccc(Br)cc21. The van der Waals surface area contributed by atoms with Crippen LogP contribution in [0.5, 0.6) is 0 Å². The summed E-state index contributed by atoms with van der Waals surface area (Å²) in [4.78, 5) is 18.1. The van der Waals surface area contributed by atoms with Crippen molar-refractivity contribution >= 4 is 55.0 Å². The Morgan fingerprint density at radius 2 is 1.87 bits per heavy atom. The van der Waals surface area contributed by atoms with E-state index in [4.69, 9.17) is 4.99 Å². The van der Waals surface area contributed by atoms with Gasteiger partial charge in [-0.15, -0.1) is 0 Å². The van der Waals surface area contributed by atoms with E-state index in [9.17, 15) is 13.2 Å². The van der Waals surface area contributed by atoms with Gasteiger partial charge in [0.15, 0.2) is 0 Å². The number of nitrogens with zero attached hydrogens (tertiary/aromatic N) is 2. The van der Waals surface area contributed by atoms with Crippen molar-refractivity contribution in [3.63, 3.8) is 0 Å². The van der Waals surface area contributed by atoms with Crippen LogP contribution < -0.4 is 9.62 Å². The maximum atomic E-state index is 12.3. The van der Waals surface area contributed by atoms with E-state index in [1.54, 1.807) is 0 Å². The minimum atomic E-state index is -3.72. The molecule has 2 aromatic rings. The molecule has 4 rings (SSSR count). The molecule has 1 N–H and O–H groups in total. The molecule has 0 bridgehead atoms. The van der Waals surface area contributed by atoms with Gasteiger partial charge in [0.2, 0.25) is 15.9 Å². The fourth-order valence-electron chi connectivity index (χ4n) is 3.67. The smallest absolute Gasteiger partial charge is 0.234 e. The summed E-state index contributed by atoms with van der Waals surface area (Å²) >= 11 is 3.51. The van der Waals surface area contributed by atoms with Crippen LogP contribution in [0.4, 0.5) is 11.4 Å². The summed E-state index contributed by atoms with van der Waals surface area (Å²) in [7, 11) is -3.72. The summed E-state index contributed by atoms with van der Waals surface area (Å²) in [5.41, 5.74) is 4.10. The van der Waals surface area contributed by atoms with Crippen LogP contribution in [-0.2, 0) is 20.2 Å². The van der Waals surface area contributed by atoms with E-state index in [0.717, 1.165) is 32.7 Å². The number of rotatable bonds is 7. The molecule has 0 saturated heterocycles. The number of anilines is 1. The number of aliphatic imine (C=N–C) groups is 1. The third-order valence-electron chi connectivity index (χ3n) is 5.45. The van der Waals surface area contributed by atoms with Crippen molar-refractivity contribution in [3.8, 4) is 0 Å². The largest absolute Gasteiger partial charge is 0.321 e. The number of carbonyl (C=O) groups excluding carboxylic acids is 1. The number of fused-ring (bicyclic) bond motifs is 1. The van der Waals surface area contributed by atoms with Crippen LogP contribution in [-0.4, -0.2) is 25.8 Å². The highest BCUT2D eigenvalue weighted by Crippen LogP contribution is 2.44. The van der Waals surface area contributed by atoms with Crippen molar-refractivity contribution < 1.29 is 13.2 Å². The Hall–Kier alpha value is -2.71. The van der Waals surface area contributed by atoms with E-state index in [-0.39, 0.29) is 5.75 Å². The maximum Gasteiger partial charge on any atom is 0.234 e. The molecule has 6 nitrogen and oxygen atoms in total. The van der Waals surface area contributed by atoms with Gasteiger partial charge in [-0.3, -0.25) is 14.5 Å². The molecule has 0 spiro atoms. The van der Waals surface area contributed by atoms with Gasteiger partial charge >= 0.3 is 0 Å². The molecule has 2 heterocycles. The zero-order chi connectivity index (χ0) is 22.2. The summed E-state index contributed by atoms with van der Waals surface area (Å²) in [6.45, 7) is 3.19. The summed E-state index contributed by atoms with van der Waals surface area (Å²) < 4.78 is 27.5. The van der Waals surface area contributed by atoms with Gasteiger partial charge in [-0.2, -0.15) is 0 Å². The number of carbonyl (C=O) groups is 1. The Morgan fingerprint density at radius 1 is 1.16 bits per heavy atom. The highest BCUT2D eigenvalue weighted by Gasteiger charge is 2.39. The second-order valence-corrected chi connectivity index (χ2v) is 10.6. The van der Waals surface area contributed by atoms with E-state index in [0.29, 0.717) is 6.42 Å². The lowest BCUT2D eigenvalue weighted by Crippen LogP contribution is -2.36. The maximum absolute atomic E-state index is 12.3. The zero-order valence-electron chi connectivity index (χ0n) is 17.2. The monoisotopic (exact) mass is 499 g/mol. The predicted octanol–water partition coefficient (Wildman–Crippen LogP) is 4.65. The topological polar surface area (TPSA) is 78.6 Å². The second-order valence-electron chi connectivity index (χ2n) is 7.85. The Balaban J connectivity index is 1.60. The van der Waals surface area contributed by atoms with E-state index < -0.39 is 21.3 Å². The fourth-order valence-corrected chi connectivity index (χ4v) is 5.25. The van der Waals surface area contributed by atoms with Gasteiger partial charge in [0.1, 0.15) is 0 Å². The van der Waals surface area contributed by atoms with Crippen molar-refractivity contribution in [2.24, 2.45) is 4.99 Å². The van der Waals surface area contributed by atoms with Crippen molar-refractivity contribution in [3.05, 3.63) is 76.5 Å². The van der Waals surface area contributed by atoms with Gasteiger partial charge < -0.3 is 4.90 Å². The lowest BCUT2D eigenvalue weighted by atomic mass is 9.77. The molecular formula is C23H22BrN3O3S. The van der Waals surface area contributed by atoms with E-state index >= 15 is 0 Å². The lowest BCUT2D eigenvalue weighted by Gasteiger charge is -2.26. The molecule has 1 amide bonds. The average Bonchev–Trinajstić information content (AvgIpc) is 3.51. The molecule has 1 atom stereocenters. The van der Waals surface area contributed by atoms with Gasteiger partial charge in [-0.05, 0) is 60.9 Å². The molecule has 31 heavy (non-hydrogen) atoms. The molecule has 0 saturated carbocycles. The average molecular weight is 500 g/mol. The fraction of sp³-hybridized carbons (Fsp3) is 0.217.